The van der Waals surface area contributed by atoms with Crippen LogP contribution in [0.4, 0.5) is 0 Å². The Balaban J connectivity index is 2.33. The van der Waals surface area contributed by atoms with E-state index >= 15 is 0 Å². The van der Waals surface area contributed by atoms with Crippen LogP contribution in [0.5, 0.6) is 0 Å². The summed E-state index contributed by atoms with van der Waals surface area (Å²) in [4.78, 5) is 26.4. The average Bonchev–Trinajstić information content (AvgIpc) is 2.46. The molecule has 1 fully saturated rings. The van der Waals surface area contributed by atoms with Gasteiger partial charge in [-0.3, -0.25) is 9.69 Å². The third-order valence-electron chi connectivity index (χ3n) is 3.39. The van der Waals surface area contributed by atoms with Crippen LogP contribution in [0, 0.1) is 0 Å². The van der Waals surface area contributed by atoms with Crippen LogP contribution in [0.1, 0.15) is 12.8 Å². The minimum Gasteiger partial charge on any atom is -0.480 e. The van der Waals surface area contributed by atoms with Gasteiger partial charge in [-0.05, 0) is 12.8 Å². The number of nitrogens with zero attached hydrogens (tertiary/aromatic N) is 2. The van der Waals surface area contributed by atoms with Crippen LogP contribution < -0.4 is 0 Å². The smallest absolute Gasteiger partial charge is 0.329 e. The summed E-state index contributed by atoms with van der Waals surface area (Å²) < 4.78 is 5.27. The lowest BCUT2D eigenvalue weighted by Crippen LogP contribution is -2.45. The maximum atomic E-state index is 12.2. The maximum absolute atomic E-state index is 12.2. The number of ether oxygens (including phenoxy) is 1. The van der Waals surface area contributed by atoms with Crippen molar-refractivity contribution >= 4 is 11.9 Å². The third kappa shape index (κ3) is 6.55. The van der Waals surface area contributed by atoms with Crippen molar-refractivity contribution in [1.29, 1.82) is 0 Å². The van der Waals surface area contributed by atoms with E-state index in [4.69, 9.17) is 9.84 Å². The number of piperidine rings is 1. The van der Waals surface area contributed by atoms with E-state index in [1.807, 2.05) is 0 Å². The molecular weight excluding hydrogens is 272 g/mol. The van der Waals surface area contributed by atoms with Gasteiger partial charge >= 0.3 is 5.97 Å². The lowest BCUT2D eigenvalue weighted by Gasteiger charge is -2.32. The molecule has 0 aliphatic carbocycles. The van der Waals surface area contributed by atoms with Gasteiger partial charge < -0.3 is 14.7 Å². The van der Waals surface area contributed by atoms with Crippen LogP contribution in [0.25, 0.3) is 0 Å². The van der Waals surface area contributed by atoms with Crippen molar-refractivity contribution in [3.05, 3.63) is 25.3 Å². The Hall–Kier alpha value is -1.66. The van der Waals surface area contributed by atoms with Crippen molar-refractivity contribution in [1.82, 2.24) is 9.80 Å². The van der Waals surface area contributed by atoms with Gasteiger partial charge in [0.05, 0.1) is 12.6 Å². The number of hydrogen-bond donors (Lipinski definition) is 1. The summed E-state index contributed by atoms with van der Waals surface area (Å²) in [6.45, 7) is 9.93. The first-order chi connectivity index (χ1) is 10.1. The lowest BCUT2D eigenvalue weighted by atomic mass is 10.1. The van der Waals surface area contributed by atoms with Gasteiger partial charge in [-0.1, -0.05) is 12.2 Å². The van der Waals surface area contributed by atoms with E-state index in [0.717, 1.165) is 25.9 Å². The van der Waals surface area contributed by atoms with E-state index in [2.05, 4.69) is 18.1 Å². The van der Waals surface area contributed by atoms with Crippen LogP contribution >= 0.6 is 0 Å². The predicted molar refractivity (Wildman–Crippen MR) is 80.0 cm³/mol. The van der Waals surface area contributed by atoms with Crippen LogP contribution in [0.2, 0.25) is 0 Å². The van der Waals surface area contributed by atoms with Crippen LogP contribution in [0.3, 0.4) is 0 Å². The quantitative estimate of drug-likeness (QED) is 0.636. The molecule has 0 aromatic heterocycles. The van der Waals surface area contributed by atoms with Crippen molar-refractivity contribution in [2.75, 3.05) is 39.3 Å². The Morgan fingerprint density at radius 2 is 1.81 bits per heavy atom. The Labute approximate surface area is 125 Å². The molecule has 118 valence electrons. The summed E-state index contributed by atoms with van der Waals surface area (Å²) in [5.41, 5.74) is 0. The van der Waals surface area contributed by atoms with Gasteiger partial charge in [-0.2, -0.15) is 0 Å². The van der Waals surface area contributed by atoms with E-state index in [9.17, 15) is 9.59 Å². The number of hydrogen-bond acceptors (Lipinski definition) is 4. The fraction of sp³-hybridized carbons (Fsp3) is 0.600. The van der Waals surface area contributed by atoms with Crippen molar-refractivity contribution in [2.45, 2.75) is 18.9 Å². The Morgan fingerprint density at radius 3 is 2.29 bits per heavy atom. The first kappa shape index (κ1) is 17.4. The van der Waals surface area contributed by atoms with E-state index in [-0.39, 0.29) is 18.6 Å². The largest absolute Gasteiger partial charge is 0.480 e. The number of carboxylic acids is 1. The Morgan fingerprint density at radius 1 is 1.24 bits per heavy atom. The van der Waals surface area contributed by atoms with Gasteiger partial charge in [0.2, 0.25) is 5.91 Å². The van der Waals surface area contributed by atoms with Crippen molar-refractivity contribution in [3.63, 3.8) is 0 Å². The number of carbonyl (C=O) groups excluding carboxylic acids is 1. The summed E-state index contributed by atoms with van der Waals surface area (Å²) in [5.74, 6) is -0.892. The highest BCUT2D eigenvalue weighted by atomic mass is 16.5. The molecule has 1 saturated heterocycles. The number of amides is 1. The summed E-state index contributed by atoms with van der Waals surface area (Å²) in [7, 11) is 0. The number of rotatable bonds is 9. The van der Waals surface area contributed by atoms with Gasteiger partial charge in [0.15, 0.2) is 0 Å². The fourth-order valence-corrected chi connectivity index (χ4v) is 2.30. The van der Waals surface area contributed by atoms with Crippen molar-refractivity contribution in [3.8, 4) is 0 Å². The van der Waals surface area contributed by atoms with E-state index in [1.54, 1.807) is 17.1 Å². The molecule has 21 heavy (non-hydrogen) atoms. The lowest BCUT2D eigenvalue weighted by molar-refractivity contribution is -0.145. The number of carbonyl (C=O) groups is 2. The molecule has 0 aromatic rings. The highest BCUT2D eigenvalue weighted by Crippen LogP contribution is 2.13. The second-order valence-corrected chi connectivity index (χ2v) is 5.06. The molecule has 1 heterocycles. The summed E-state index contributed by atoms with van der Waals surface area (Å²) in [6.07, 6.45) is 4.89. The normalized spacial score (nSPS) is 16.4. The number of aliphatic carboxylic acids is 1. The molecule has 0 atom stereocenters. The molecule has 6 nitrogen and oxygen atoms in total. The molecule has 0 bridgehead atoms. The molecule has 0 aromatic carbocycles. The molecule has 1 rings (SSSR count). The highest BCUT2D eigenvalue weighted by Gasteiger charge is 2.23. The number of carboxylic acid groups (broad SMARTS) is 1. The van der Waals surface area contributed by atoms with E-state index in [0.29, 0.717) is 19.6 Å². The summed E-state index contributed by atoms with van der Waals surface area (Å²) in [6, 6.07) is 0. The molecule has 6 heteroatoms. The minimum absolute atomic E-state index is 0.0232. The first-order valence-electron chi connectivity index (χ1n) is 7.12. The fourth-order valence-electron chi connectivity index (χ4n) is 2.30. The number of likely N-dealkylation sites (tertiary alicyclic amines) is 1. The topological polar surface area (TPSA) is 70.1 Å². The van der Waals surface area contributed by atoms with Crippen LogP contribution in [-0.4, -0.2) is 72.2 Å². The molecule has 0 saturated carbocycles. The Bertz CT molecular complexity index is 366. The second kappa shape index (κ2) is 9.31. The van der Waals surface area contributed by atoms with Gasteiger partial charge in [-0.15, -0.1) is 13.2 Å². The summed E-state index contributed by atoms with van der Waals surface area (Å²) in [5, 5.41) is 8.58. The zero-order valence-corrected chi connectivity index (χ0v) is 12.4. The molecule has 1 amide bonds. The summed E-state index contributed by atoms with van der Waals surface area (Å²) >= 11 is 0. The molecule has 1 N–H and O–H groups in total. The van der Waals surface area contributed by atoms with Gasteiger partial charge in [0.25, 0.3) is 0 Å². The van der Waals surface area contributed by atoms with Crippen LogP contribution in [0.15, 0.2) is 25.3 Å². The Kier molecular flexibility index (Phi) is 7.71. The van der Waals surface area contributed by atoms with E-state index < -0.39 is 5.97 Å². The highest BCUT2D eigenvalue weighted by molar-refractivity contribution is 5.78. The van der Waals surface area contributed by atoms with Crippen molar-refractivity contribution in [2.24, 2.45) is 0 Å². The first-order valence-corrected chi connectivity index (χ1v) is 7.12. The molecule has 0 spiro atoms. The average molecular weight is 296 g/mol. The molecule has 0 radical (unpaired) electrons. The monoisotopic (exact) mass is 296 g/mol. The van der Waals surface area contributed by atoms with Gasteiger partial charge in [0.1, 0.15) is 6.61 Å². The molecule has 1 aliphatic heterocycles. The third-order valence-corrected chi connectivity index (χ3v) is 3.39. The van der Waals surface area contributed by atoms with E-state index in [1.165, 1.54) is 0 Å². The van der Waals surface area contributed by atoms with Gasteiger partial charge in [0, 0.05) is 26.2 Å². The minimum atomic E-state index is -0.947. The van der Waals surface area contributed by atoms with Crippen molar-refractivity contribution < 1.29 is 19.4 Å². The van der Waals surface area contributed by atoms with Gasteiger partial charge in [-0.25, -0.2) is 4.79 Å². The zero-order chi connectivity index (χ0) is 15.7. The molecular formula is C15H24N2O4. The molecule has 0 unspecified atom stereocenters. The second-order valence-electron chi connectivity index (χ2n) is 5.06. The predicted octanol–water partition coefficient (Wildman–Crippen LogP) is 0.753. The van der Waals surface area contributed by atoms with Crippen LogP contribution in [-0.2, 0) is 14.3 Å². The maximum Gasteiger partial charge on any atom is 0.329 e. The standard InChI is InChI=1S/C15H24N2O4/c1-3-7-17(8-4-2)14(18)11-16-9-5-13(6-10-16)21-12-15(19)20/h3-4,13H,1-2,5-12H2,(H,19,20). The molecule has 1 aliphatic rings. The zero-order valence-electron chi connectivity index (χ0n) is 12.4. The SMILES string of the molecule is C=CCN(CC=C)C(=O)CN1CCC(OCC(=O)O)CC1.